The van der Waals surface area contributed by atoms with Crippen LogP contribution in [0.1, 0.15) is 17.8 Å². The molecule has 0 saturated carbocycles. The number of nitrogens with zero attached hydrogens (tertiary/aromatic N) is 3. The molecule has 0 fully saturated rings. The SMILES string of the molecule is COCCCn1c(C)nnc1SCc1ccc(Cl)cc1. The molecular weight excluding hydrogens is 294 g/mol. The number of halogens is 1. The normalized spacial score (nSPS) is 10.9. The number of hydrogen-bond donors (Lipinski definition) is 0. The molecule has 0 amide bonds. The van der Waals surface area contributed by atoms with Crippen molar-refractivity contribution < 1.29 is 4.74 Å². The van der Waals surface area contributed by atoms with Crippen LogP contribution in [0.3, 0.4) is 0 Å². The van der Waals surface area contributed by atoms with Crippen molar-refractivity contribution in [3.8, 4) is 0 Å². The summed E-state index contributed by atoms with van der Waals surface area (Å²) in [6.45, 7) is 3.61. The van der Waals surface area contributed by atoms with Crippen molar-refractivity contribution in [3.05, 3.63) is 40.7 Å². The first-order valence-corrected chi connectivity index (χ1v) is 7.83. The zero-order valence-corrected chi connectivity index (χ0v) is 13.2. The van der Waals surface area contributed by atoms with Gasteiger partial charge in [0.1, 0.15) is 5.82 Å². The van der Waals surface area contributed by atoms with Crippen LogP contribution in [-0.2, 0) is 17.0 Å². The summed E-state index contributed by atoms with van der Waals surface area (Å²) in [6, 6.07) is 7.89. The largest absolute Gasteiger partial charge is 0.385 e. The molecule has 2 aromatic rings. The van der Waals surface area contributed by atoms with Gasteiger partial charge in [-0.3, -0.25) is 0 Å². The monoisotopic (exact) mass is 311 g/mol. The standard InChI is InChI=1S/C14H18ClN3OS/c1-11-16-17-14(18(11)8-3-9-19-2)20-10-12-4-6-13(15)7-5-12/h4-7H,3,8-10H2,1-2H3. The zero-order chi connectivity index (χ0) is 14.4. The van der Waals surface area contributed by atoms with Crippen LogP contribution in [0.15, 0.2) is 29.4 Å². The summed E-state index contributed by atoms with van der Waals surface area (Å²) in [5.74, 6) is 1.80. The molecule has 1 aromatic heterocycles. The van der Waals surface area contributed by atoms with E-state index in [1.54, 1.807) is 18.9 Å². The van der Waals surface area contributed by atoms with Crippen molar-refractivity contribution in [2.24, 2.45) is 0 Å². The van der Waals surface area contributed by atoms with Gasteiger partial charge >= 0.3 is 0 Å². The van der Waals surface area contributed by atoms with Gasteiger partial charge in [0.2, 0.25) is 0 Å². The maximum atomic E-state index is 5.88. The van der Waals surface area contributed by atoms with Crippen molar-refractivity contribution in [3.63, 3.8) is 0 Å². The van der Waals surface area contributed by atoms with E-state index in [9.17, 15) is 0 Å². The first-order valence-electron chi connectivity index (χ1n) is 6.46. The summed E-state index contributed by atoms with van der Waals surface area (Å²) in [5, 5.41) is 10.1. The molecule has 0 bridgehead atoms. The van der Waals surface area contributed by atoms with E-state index < -0.39 is 0 Å². The number of methoxy groups -OCH3 is 1. The average molecular weight is 312 g/mol. The highest BCUT2D eigenvalue weighted by molar-refractivity contribution is 7.98. The van der Waals surface area contributed by atoms with E-state index in [4.69, 9.17) is 16.3 Å². The van der Waals surface area contributed by atoms with Crippen molar-refractivity contribution in [1.82, 2.24) is 14.8 Å². The van der Waals surface area contributed by atoms with Crippen LogP contribution in [0, 0.1) is 6.92 Å². The first kappa shape index (κ1) is 15.4. The minimum absolute atomic E-state index is 0.749. The van der Waals surface area contributed by atoms with Crippen molar-refractivity contribution in [1.29, 1.82) is 0 Å². The lowest BCUT2D eigenvalue weighted by atomic mass is 10.2. The fourth-order valence-corrected chi connectivity index (χ4v) is 2.91. The van der Waals surface area contributed by atoms with Crippen molar-refractivity contribution >= 4 is 23.4 Å². The Kier molecular flexibility index (Phi) is 5.88. The van der Waals surface area contributed by atoms with E-state index in [0.717, 1.165) is 41.3 Å². The predicted octanol–water partition coefficient (Wildman–Crippen LogP) is 3.57. The molecule has 0 aliphatic heterocycles. The van der Waals surface area contributed by atoms with Crippen LogP contribution in [0.5, 0.6) is 0 Å². The molecule has 20 heavy (non-hydrogen) atoms. The van der Waals surface area contributed by atoms with Crippen LogP contribution in [0.4, 0.5) is 0 Å². The molecule has 1 heterocycles. The van der Waals surface area contributed by atoms with Gasteiger partial charge in [0.25, 0.3) is 0 Å². The van der Waals surface area contributed by atoms with E-state index in [0.29, 0.717) is 0 Å². The number of hydrogen-bond acceptors (Lipinski definition) is 4. The van der Waals surface area contributed by atoms with Gasteiger partial charge in [-0.15, -0.1) is 10.2 Å². The van der Waals surface area contributed by atoms with Crippen LogP contribution in [0.25, 0.3) is 0 Å². The minimum Gasteiger partial charge on any atom is -0.385 e. The lowest BCUT2D eigenvalue weighted by Gasteiger charge is -2.08. The molecular formula is C14H18ClN3OS. The Bertz CT molecular complexity index is 542. The first-order chi connectivity index (χ1) is 9.70. The highest BCUT2D eigenvalue weighted by Crippen LogP contribution is 2.23. The Labute approximate surface area is 128 Å². The molecule has 1 aromatic carbocycles. The second-order valence-electron chi connectivity index (χ2n) is 4.44. The van der Waals surface area contributed by atoms with Crippen LogP contribution in [-0.4, -0.2) is 28.5 Å². The lowest BCUT2D eigenvalue weighted by Crippen LogP contribution is -2.05. The number of ether oxygens (including phenoxy) is 1. The number of benzene rings is 1. The molecule has 0 unspecified atom stereocenters. The molecule has 0 aliphatic rings. The molecule has 0 atom stereocenters. The molecule has 2 rings (SSSR count). The Morgan fingerprint density at radius 2 is 2.00 bits per heavy atom. The van der Waals surface area contributed by atoms with Gasteiger partial charge in [-0.1, -0.05) is 35.5 Å². The molecule has 0 aliphatic carbocycles. The van der Waals surface area contributed by atoms with E-state index in [2.05, 4.69) is 14.8 Å². The van der Waals surface area contributed by atoms with Gasteiger partial charge in [-0.2, -0.15) is 0 Å². The van der Waals surface area contributed by atoms with Gasteiger partial charge in [0.15, 0.2) is 5.16 Å². The van der Waals surface area contributed by atoms with E-state index in [-0.39, 0.29) is 0 Å². The summed E-state index contributed by atoms with van der Waals surface area (Å²) < 4.78 is 7.23. The quantitative estimate of drug-likeness (QED) is 0.579. The third-order valence-electron chi connectivity index (χ3n) is 2.91. The van der Waals surface area contributed by atoms with Gasteiger partial charge in [0.05, 0.1) is 0 Å². The fraction of sp³-hybridized carbons (Fsp3) is 0.429. The van der Waals surface area contributed by atoms with Crippen molar-refractivity contribution in [2.45, 2.75) is 30.8 Å². The molecule has 0 N–H and O–H groups in total. The lowest BCUT2D eigenvalue weighted by molar-refractivity contribution is 0.189. The fourth-order valence-electron chi connectivity index (χ4n) is 1.82. The molecule has 0 radical (unpaired) electrons. The number of rotatable bonds is 7. The molecule has 4 nitrogen and oxygen atoms in total. The summed E-state index contributed by atoms with van der Waals surface area (Å²) in [7, 11) is 1.72. The molecule has 0 spiro atoms. The Balaban J connectivity index is 1.96. The van der Waals surface area contributed by atoms with E-state index in [1.807, 2.05) is 31.2 Å². The number of aromatic nitrogens is 3. The topological polar surface area (TPSA) is 39.9 Å². The van der Waals surface area contributed by atoms with E-state index in [1.165, 1.54) is 5.56 Å². The maximum Gasteiger partial charge on any atom is 0.191 e. The summed E-state index contributed by atoms with van der Waals surface area (Å²) in [4.78, 5) is 0. The molecule has 108 valence electrons. The minimum atomic E-state index is 0.749. The summed E-state index contributed by atoms with van der Waals surface area (Å²) >= 11 is 7.57. The van der Waals surface area contributed by atoms with Crippen LogP contribution >= 0.6 is 23.4 Å². The third kappa shape index (κ3) is 4.23. The number of thioether (sulfide) groups is 1. The Morgan fingerprint density at radius 3 is 2.70 bits per heavy atom. The second-order valence-corrected chi connectivity index (χ2v) is 5.82. The molecule has 0 saturated heterocycles. The van der Waals surface area contributed by atoms with Crippen LogP contribution < -0.4 is 0 Å². The maximum absolute atomic E-state index is 5.88. The summed E-state index contributed by atoms with van der Waals surface area (Å²) in [5.41, 5.74) is 1.23. The van der Waals surface area contributed by atoms with Gasteiger partial charge in [0, 0.05) is 31.0 Å². The second kappa shape index (κ2) is 7.67. The van der Waals surface area contributed by atoms with E-state index >= 15 is 0 Å². The van der Waals surface area contributed by atoms with Crippen LogP contribution in [0.2, 0.25) is 5.02 Å². The third-order valence-corrected chi connectivity index (χ3v) is 4.20. The van der Waals surface area contributed by atoms with Gasteiger partial charge < -0.3 is 9.30 Å². The Hall–Kier alpha value is -1.04. The van der Waals surface area contributed by atoms with Gasteiger partial charge in [-0.05, 0) is 31.0 Å². The average Bonchev–Trinajstić information content (AvgIpc) is 2.80. The highest BCUT2D eigenvalue weighted by atomic mass is 35.5. The van der Waals surface area contributed by atoms with Crippen molar-refractivity contribution in [2.75, 3.05) is 13.7 Å². The zero-order valence-electron chi connectivity index (χ0n) is 11.7. The predicted molar refractivity (Wildman–Crippen MR) is 82.3 cm³/mol. The highest BCUT2D eigenvalue weighted by Gasteiger charge is 2.09. The Morgan fingerprint density at radius 1 is 1.25 bits per heavy atom. The summed E-state index contributed by atoms with van der Waals surface area (Å²) in [6.07, 6.45) is 0.962. The van der Waals surface area contributed by atoms with Gasteiger partial charge in [-0.25, -0.2) is 0 Å². The smallest absolute Gasteiger partial charge is 0.191 e. The number of aryl methyl sites for hydroxylation is 1. The molecule has 6 heteroatoms.